The molecule has 0 bridgehead atoms. The molecule has 1 atom stereocenters. The van der Waals surface area contributed by atoms with Crippen molar-refractivity contribution < 1.29 is 9.53 Å². The van der Waals surface area contributed by atoms with Crippen LogP contribution in [0.5, 0.6) is 0 Å². The molecular formula is C18H22N4O4. The van der Waals surface area contributed by atoms with E-state index in [1.165, 1.54) is 13.3 Å². The van der Waals surface area contributed by atoms with Crippen molar-refractivity contribution >= 4 is 5.97 Å². The Morgan fingerprint density at radius 3 is 2.69 bits per heavy atom. The smallest absolute Gasteiger partial charge is 0.336 e. The fourth-order valence-corrected chi connectivity index (χ4v) is 3.34. The highest BCUT2D eigenvalue weighted by Gasteiger charge is 2.21. The summed E-state index contributed by atoms with van der Waals surface area (Å²) >= 11 is 0. The van der Waals surface area contributed by atoms with Gasteiger partial charge in [0, 0.05) is 24.5 Å². The van der Waals surface area contributed by atoms with Crippen LogP contribution in [-0.2, 0) is 35.8 Å². The van der Waals surface area contributed by atoms with Crippen LogP contribution in [0.15, 0.2) is 27.9 Å². The van der Waals surface area contributed by atoms with Gasteiger partial charge in [0.15, 0.2) is 0 Å². The number of esters is 1. The van der Waals surface area contributed by atoms with Crippen molar-refractivity contribution in [1.82, 2.24) is 14.1 Å². The Morgan fingerprint density at radius 1 is 1.31 bits per heavy atom. The average Bonchev–Trinajstić information content (AvgIpc) is 2.67. The lowest BCUT2D eigenvalue weighted by Crippen LogP contribution is -2.43. The SMILES string of the molecule is COC(=O)[C@@H](N)Cc1ccc(-n2c(=O)c3c(n(C)c2=O)CCCC3)nc1. The van der Waals surface area contributed by atoms with Crippen LogP contribution in [0.3, 0.4) is 0 Å². The third-order valence-corrected chi connectivity index (χ3v) is 4.78. The van der Waals surface area contributed by atoms with Gasteiger partial charge in [0.1, 0.15) is 11.9 Å². The maximum atomic E-state index is 12.8. The van der Waals surface area contributed by atoms with Gasteiger partial charge in [0.2, 0.25) is 0 Å². The number of nitrogens with two attached hydrogens (primary N) is 1. The molecule has 8 heteroatoms. The van der Waals surface area contributed by atoms with Crippen molar-refractivity contribution in [2.45, 2.75) is 38.1 Å². The summed E-state index contributed by atoms with van der Waals surface area (Å²) in [5, 5.41) is 0. The summed E-state index contributed by atoms with van der Waals surface area (Å²) in [5.74, 6) is -0.242. The van der Waals surface area contributed by atoms with Crippen LogP contribution in [0.25, 0.3) is 5.82 Å². The normalized spacial score (nSPS) is 14.6. The van der Waals surface area contributed by atoms with E-state index in [9.17, 15) is 14.4 Å². The third-order valence-electron chi connectivity index (χ3n) is 4.78. The van der Waals surface area contributed by atoms with Gasteiger partial charge < -0.3 is 10.5 Å². The van der Waals surface area contributed by atoms with E-state index in [1.54, 1.807) is 23.7 Å². The Balaban J connectivity index is 1.98. The lowest BCUT2D eigenvalue weighted by Gasteiger charge is -2.20. The second-order valence-electron chi connectivity index (χ2n) is 6.47. The molecule has 2 heterocycles. The topological polar surface area (TPSA) is 109 Å². The van der Waals surface area contributed by atoms with Crippen molar-refractivity contribution in [3.05, 3.63) is 56.0 Å². The summed E-state index contributed by atoms with van der Waals surface area (Å²) in [6, 6.07) is 2.51. The first-order valence-electron chi connectivity index (χ1n) is 8.56. The van der Waals surface area contributed by atoms with Crippen LogP contribution in [0.4, 0.5) is 0 Å². The van der Waals surface area contributed by atoms with E-state index in [0.29, 0.717) is 12.0 Å². The van der Waals surface area contributed by atoms with Crippen LogP contribution in [-0.4, -0.2) is 33.2 Å². The standard InChI is InChI=1S/C18H22N4O4/c1-21-14-6-4-3-5-12(14)16(23)22(18(21)25)15-8-7-11(10-20-15)9-13(19)17(24)26-2/h7-8,10,13H,3-6,9,19H2,1-2H3/t13-/m0/s1. The number of aromatic nitrogens is 3. The first-order valence-corrected chi connectivity index (χ1v) is 8.56. The largest absolute Gasteiger partial charge is 0.468 e. The number of hydrogen-bond donors (Lipinski definition) is 1. The molecule has 1 aliphatic carbocycles. The number of fused-ring (bicyclic) bond motifs is 1. The lowest BCUT2D eigenvalue weighted by atomic mass is 9.97. The molecule has 3 rings (SSSR count). The van der Waals surface area contributed by atoms with Gasteiger partial charge in [-0.25, -0.2) is 14.3 Å². The van der Waals surface area contributed by atoms with Crippen molar-refractivity contribution in [3.63, 3.8) is 0 Å². The Hall–Kier alpha value is -2.74. The van der Waals surface area contributed by atoms with E-state index < -0.39 is 17.7 Å². The number of carbonyl (C=O) groups excluding carboxylic acids is 1. The molecule has 2 aromatic heterocycles. The molecule has 2 N–H and O–H groups in total. The molecule has 1 aliphatic rings. The van der Waals surface area contributed by atoms with Crippen LogP contribution in [0.2, 0.25) is 0 Å². The molecule has 2 aromatic rings. The van der Waals surface area contributed by atoms with Gasteiger partial charge in [-0.2, -0.15) is 0 Å². The number of rotatable bonds is 4. The minimum atomic E-state index is -0.785. The van der Waals surface area contributed by atoms with Crippen LogP contribution >= 0.6 is 0 Å². The Morgan fingerprint density at radius 2 is 2.04 bits per heavy atom. The zero-order chi connectivity index (χ0) is 18.8. The predicted molar refractivity (Wildman–Crippen MR) is 95.4 cm³/mol. The van der Waals surface area contributed by atoms with Crippen molar-refractivity contribution in [2.24, 2.45) is 12.8 Å². The zero-order valence-electron chi connectivity index (χ0n) is 14.9. The van der Waals surface area contributed by atoms with Crippen molar-refractivity contribution in [3.8, 4) is 5.82 Å². The molecule has 0 saturated heterocycles. The Kier molecular flexibility index (Phi) is 5.03. The minimum Gasteiger partial charge on any atom is -0.468 e. The number of methoxy groups -OCH3 is 1. The van der Waals surface area contributed by atoms with E-state index >= 15 is 0 Å². The molecule has 8 nitrogen and oxygen atoms in total. The summed E-state index contributed by atoms with van der Waals surface area (Å²) < 4.78 is 7.25. The summed E-state index contributed by atoms with van der Waals surface area (Å²) in [4.78, 5) is 41.1. The fraction of sp³-hybridized carbons (Fsp3) is 0.444. The molecular weight excluding hydrogens is 336 g/mol. The van der Waals surface area contributed by atoms with E-state index in [4.69, 9.17) is 5.73 Å². The quantitative estimate of drug-likeness (QED) is 0.762. The number of ether oxygens (including phenoxy) is 1. The van der Waals surface area contributed by atoms with Gasteiger partial charge in [-0.05, 0) is 43.7 Å². The molecule has 0 radical (unpaired) electrons. The fourth-order valence-electron chi connectivity index (χ4n) is 3.34. The second kappa shape index (κ2) is 7.25. The lowest BCUT2D eigenvalue weighted by molar-refractivity contribution is -0.142. The maximum Gasteiger partial charge on any atom is 0.336 e. The number of carbonyl (C=O) groups is 1. The number of hydrogen-bond acceptors (Lipinski definition) is 6. The monoisotopic (exact) mass is 358 g/mol. The first-order chi connectivity index (χ1) is 12.4. The molecule has 0 aromatic carbocycles. The van der Waals surface area contributed by atoms with Gasteiger partial charge >= 0.3 is 11.7 Å². The highest BCUT2D eigenvalue weighted by atomic mass is 16.5. The van der Waals surface area contributed by atoms with E-state index in [0.717, 1.165) is 35.1 Å². The molecule has 0 unspecified atom stereocenters. The van der Waals surface area contributed by atoms with Crippen molar-refractivity contribution in [1.29, 1.82) is 0 Å². The van der Waals surface area contributed by atoms with Gasteiger partial charge in [-0.15, -0.1) is 0 Å². The predicted octanol–water partition coefficient (Wildman–Crippen LogP) is -0.147. The summed E-state index contributed by atoms with van der Waals surface area (Å²) in [5.41, 5.74) is 7.28. The van der Waals surface area contributed by atoms with E-state index in [1.807, 2.05) is 0 Å². The van der Waals surface area contributed by atoms with Crippen LogP contribution in [0.1, 0.15) is 29.7 Å². The van der Waals surface area contributed by atoms with E-state index in [2.05, 4.69) is 9.72 Å². The van der Waals surface area contributed by atoms with Crippen molar-refractivity contribution in [2.75, 3.05) is 7.11 Å². The molecule has 0 fully saturated rings. The highest BCUT2D eigenvalue weighted by molar-refractivity contribution is 5.75. The van der Waals surface area contributed by atoms with Gasteiger partial charge in [-0.3, -0.25) is 14.2 Å². The van der Waals surface area contributed by atoms with Crippen LogP contribution < -0.4 is 17.0 Å². The molecule has 26 heavy (non-hydrogen) atoms. The highest BCUT2D eigenvalue weighted by Crippen LogP contribution is 2.16. The summed E-state index contributed by atoms with van der Waals surface area (Å²) in [6.45, 7) is 0. The molecule has 0 spiro atoms. The van der Waals surface area contributed by atoms with E-state index in [-0.39, 0.29) is 17.8 Å². The Bertz CT molecular complexity index is 943. The second-order valence-corrected chi connectivity index (χ2v) is 6.47. The van der Waals surface area contributed by atoms with Gasteiger partial charge in [0.25, 0.3) is 5.56 Å². The maximum absolute atomic E-state index is 12.8. The minimum absolute atomic E-state index is 0.261. The number of nitrogens with zero attached hydrogens (tertiary/aromatic N) is 3. The molecule has 0 amide bonds. The third kappa shape index (κ3) is 3.20. The average molecular weight is 358 g/mol. The molecule has 0 saturated carbocycles. The number of pyridine rings is 1. The zero-order valence-corrected chi connectivity index (χ0v) is 14.9. The van der Waals surface area contributed by atoms with Gasteiger partial charge in [0.05, 0.1) is 7.11 Å². The summed E-state index contributed by atoms with van der Waals surface area (Å²) in [7, 11) is 2.97. The Labute approximate surface area is 150 Å². The first kappa shape index (κ1) is 18.1. The summed E-state index contributed by atoms with van der Waals surface area (Å²) in [6.07, 6.45) is 5.12. The van der Waals surface area contributed by atoms with Gasteiger partial charge in [-0.1, -0.05) is 6.07 Å². The molecule has 138 valence electrons. The van der Waals surface area contributed by atoms with Crippen LogP contribution in [0, 0.1) is 0 Å². The molecule has 0 aliphatic heterocycles.